The number of aromatic hydroxyl groups is 1. The number of phenolic OH excluding ortho intramolecular Hbond substituents is 1. The molecule has 0 fully saturated rings. The molecular formula is C17H15NO3. The Morgan fingerprint density at radius 3 is 2.86 bits per heavy atom. The van der Waals surface area contributed by atoms with Gasteiger partial charge >= 0.3 is 0 Å². The van der Waals surface area contributed by atoms with E-state index >= 15 is 0 Å². The zero-order chi connectivity index (χ0) is 14.8. The van der Waals surface area contributed by atoms with Crippen LogP contribution in [0.15, 0.2) is 42.5 Å². The maximum absolute atomic E-state index is 12.1. The number of carbonyl (C=O) groups excluding carboxylic acids is 1. The van der Waals surface area contributed by atoms with Gasteiger partial charge in [0.2, 0.25) is 0 Å². The smallest absolute Gasteiger partial charge is 0.256 e. The number of fused-ring (bicyclic) bond motifs is 1. The molecule has 4 nitrogen and oxygen atoms in total. The van der Waals surface area contributed by atoms with Crippen LogP contribution in [0.4, 0.5) is 5.69 Å². The number of phenols is 1. The lowest BCUT2D eigenvalue weighted by Crippen LogP contribution is -2.03. The van der Waals surface area contributed by atoms with Gasteiger partial charge in [0.25, 0.3) is 5.91 Å². The van der Waals surface area contributed by atoms with Crippen molar-refractivity contribution >= 4 is 23.2 Å². The van der Waals surface area contributed by atoms with E-state index in [-0.39, 0.29) is 11.7 Å². The van der Waals surface area contributed by atoms with Crippen molar-refractivity contribution in [3.63, 3.8) is 0 Å². The van der Waals surface area contributed by atoms with Crippen LogP contribution in [0.3, 0.4) is 0 Å². The number of rotatable bonds is 3. The number of hydrogen-bond acceptors (Lipinski definition) is 3. The van der Waals surface area contributed by atoms with Crippen LogP contribution in [0.25, 0.3) is 11.6 Å². The first-order chi connectivity index (χ1) is 10.2. The maximum Gasteiger partial charge on any atom is 0.256 e. The Morgan fingerprint density at radius 1 is 1.24 bits per heavy atom. The molecule has 2 aromatic rings. The molecule has 1 aliphatic rings. The quantitative estimate of drug-likeness (QED) is 0.849. The molecule has 0 aliphatic carbocycles. The lowest BCUT2D eigenvalue weighted by atomic mass is 10.0. The lowest BCUT2D eigenvalue weighted by molar-refractivity contribution is -0.110. The van der Waals surface area contributed by atoms with Crippen LogP contribution in [0.2, 0.25) is 0 Å². The van der Waals surface area contributed by atoms with E-state index in [0.717, 1.165) is 16.8 Å². The van der Waals surface area contributed by atoms with E-state index in [1.165, 1.54) is 0 Å². The molecule has 0 unspecified atom stereocenters. The molecule has 1 aliphatic heterocycles. The summed E-state index contributed by atoms with van der Waals surface area (Å²) in [7, 11) is 0. The second-order valence-corrected chi connectivity index (χ2v) is 4.72. The minimum absolute atomic E-state index is 0.0928. The fourth-order valence-electron chi connectivity index (χ4n) is 2.34. The number of nitrogens with one attached hydrogen (secondary N) is 1. The monoisotopic (exact) mass is 281 g/mol. The Kier molecular flexibility index (Phi) is 3.36. The van der Waals surface area contributed by atoms with Crippen molar-refractivity contribution in [2.75, 3.05) is 11.9 Å². The van der Waals surface area contributed by atoms with Gasteiger partial charge in [-0.25, -0.2) is 0 Å². The second kappa shape index (κ2) is 5.32. The van der Waals surface area contributed by atoms with Gasteiger partial charge in [-0.1, -0.05) is 24.3 Å². The van der Waals surface area contributed by atoms with Crippen molar-refractivity contribution in [3.8, 4) is 11.5 Å². The van der Waals surface area contributed by atoms with Gasteiger partial charge in [0.15, 0.2) is 11.5 Å². The van der Waals surface area contributed by atoms with Crippen molar-refractivity contribution in [2.45, 2.75) is 6.92 Å². The molecular weight excluding hydrogens is 266 g/mol. The largest absolute Gasteiger partial charge is 0.504 e. The van der Waals surface area contributed by atoms with Crippen molar-refractivity contribution in [1.82, 2.24) is 0 Å². The molecule has 0 spiro atoms. The summed E-state index contributed by atoms with van der Waals surface area (Å²) in [5.74, 6) is 0.385. The van der Waals surface area contributed by atoms with Crippen LogP contribution in [-0.2, 0) is 4.79 Å². The van der Waals surface area contributed by atoms with Crippen molar-refractivity contribution in [1.29, 1.82) is 0 Å². The number of amides is 1. The summed E-state index contributed by atoms with van der Waals surface area (Å²) in [6, 6.07) is 12.6. The summed E-state index contributed by atoms with van der Waals surface area (Å²) in [5.41, 5.74) is 3.11. The summed E-state index contributed by atoms with van der Waals surface area (Å²) < 4.78 is 5.36. The van der Waals surface area contributed by atoms with E-state index in [4.69, 9.17) is 4.74 Å². The molecule has 2 N–H and O–H groups in total. The van der Waals surface area contributed by atoms with Gasteiger partial charge in [-0.05, 0) is 36.8 Å². The predicted octanol–water partition coefficient (Wildman–Crippen LogP) is 3.28. The summed E-state index contributed by atoms with van der Waals surface area (Å²) in [5, 5.41) is 12.5. The molecule has 2 aromatic carbocycles. The average molecular weight is 281 g/mol. The Bertz CT molecular complexity index is 735. The van der Waals surface area contributed by atoms with Gasteiger partial charge < -0.3 is 15.2 Å². The molecule has 21 heavy (non-hydrogen) atoms. The summed E-state index contributed by atoms with van der Waals surface area (Å²) >= 11 is 0. The fourth-order valence-corrected chi connectivity index (χ4v) is 2.34. The first-order valence-electron chi connectivity index (χ1n) is 6.77. The van der Waals surface area contributed by atoms with Crippen LogP contribution < -0.4 is 10.1 Å². The van der Waals surface area contributed by atoms with E-state index in [1.54, 1.807) is 24.3 Å². The second-order valence-electron chi connectivity index (χ2n) is 4.72. The molecule has 0 atom stereocenters. The molecule has 3 rings (SSSR count). The zero-order valence-electron chi connectivity index (χ0n) is 11.6. The molecule has 0 saturated heterocycles. The first kappa shape index (κ1) is 13.2. The molecule has 1 amide bonds. The molecule has 106 valence electrons. The van der Waals surface area contributed by atoms with Crippen LogP contribution in [0, 0.1) is 0 Å². The molecule has 1 heterocycles. The van der Waals surface area contributed by atoms with E-state index in [2.05, 4.69) is 5.32 Å². The minimum atomic E-state index is -0.123. The topological polar surface area (TPSA) is 58.6 Å². The molecule has 0 radical (unpaired) electrons. The molecule has 4 heteroatoms. The van der Waals surface area contributed by atoms with E-state index in [9.17, 15) is 9.90 Å². The van der Waals surface area contributed by atoms with Gasteiger partial charge in [0.05, 0.1) is 6.61 Å². The Labute approximate surface area is 122 Å². The standard InChI is InChI=1S/C17H15NO3/c1-2-21-16-10-11(7-8-15(16)19)9-13-12-5-3-4-6-14(12)18-17(13)20/h3-10,19H,2H2,1H3,(H,18,20)/b13-9+. The van der Waals surface area contributed by atoms with Gasteiger partial charge in [0, 0.05) is 16.8 Å². The van der Waals surface area contributed by atoms with Gasteiger partial charge in [-0.3, -0.25) is 4.79 Å². The number of para-hydroxylation sites is 1. The Morgan fingerprint density at radius 2 is 2.05 bits per heavy atom. The van der Waals surface area contributed by atoms with Gasteiger partial charge in [-0.15, -0.1) is 0 Å². The van der Waals surface area contributed by atoms with Crippen LogP contribution in [-0.4, -0.2) is 17.6 Å². The highest BCUT2D eigenvalue weighted by molar-refractivity contribution is 6.34. The lowest BCUT2D eigenvalue weighted by Gasteiger charge is -2.06. The van der Waals surface area contributed by atoms with E-state index in [0.29, 0.717) is 17.9 Å². The van der Waals surface area contributed by atoms with Crippen molar-refractivity contribution < 1.29 is 14.6 Å². The zero-order valence-corrected chi connectivity index (χ0v) is 11.6. The first-order valence-corrected chi connectivity index (χ1v) is 6.77. The molecule has 0 bridgehead atoms. The number of anilines is 1. The van der Waals surface area contributed by atoms with Crippen molar-refractivity contribution in [3.05, 3.63) is 53.6 Å². The molecule has 0 aromatic heterocycles. The normalized spacial score (nSPS) is 14.9. The summed E-state index contributed by atoms with van der Waals surface area (Å²) in [6.45, 7) is 2.32. The number of ether oxygens (including phenoxy) is 1. The van der Waals surface area contributed by atoms with Crippen LogP contribution >= 0.6 is 0 Å². The third-order valence-electron chi connectivity index (χ3n) is 3.30. The highest BCUT2D eigenvalue weighted by atomic mass is 16.5. The number of hydrogen-bond donors (Lipinski definition) is 2. The summed E-state index contributed by atoms with van der Waals surface area (Å²) in [4.78, 5) is 12.1. The SMILES string of the molecule is CCOc1cc(/C=C2/C(=O)Nc3ccccc32)ccc1O. The predicted molar refractivity (Wildman–Crippen MR) is 82.2 cm³/mol. The maximum atomic E-state index is 12.1. The van der Waals surface area contributed by atoms with Crippen LogP contribution in [0.1, 0.15) is 18.1 Å². The average Bonchev–Trinajstić information content (AvgIpc) is 2.79. The third kappa shape index (κ3) is 2.48. The number of carbonyl (C=O) groups is 1. The van der Waals surface area contributed by atoms with E-state index in [1.807, 2.05) is 31.2 Å². The van der Waals surface area contributed by atoms with E-state index < -0.39 is 0 Å². The third-order valence-corrected chi connectivity index (χ3v) is 3.30. The summed E-state index contributed by atoms with van der Waals surface area (Å²) in [6.07, 6.45) is 1.79. The molecule has 0 saturated carbocycles. The highest BCUT2D eigenvalue weighted by Crippen LogP contribution is 2.34. The Hall–Kier alpha value is -2.75. The van der Waals surface area contributed by atoms with Gasteiger partial charge in [0.1, 0.15) is 0 Å². The minimum Gasteiger partial charge on any atom is -0.504 e. The van der Waals surface area contributed by atoms with Crippen molar-refractivity contribution in [2.24, 2.45) is 0 Å². The van der Waals surface area contributed by atoms with Gasteiger partial charge in [-0.2, -0.15) is 0 Å². The highest BCUT2D eigenvalue weighted by Gasteiger charge is 2.23. The number of benzene rings is 2. The Balaban J connectivity index is 2.02. The fraction of sp³-hybridized carbons (Fsp3) is 0.118. The van der Waals surface area contributed by atoms with Crippen LogP contribution in [0.5, 0.6) is 11.5 Å².